The molecule has 144 valence electrons. The maximum absolute atomic E-state index is 12.7. The summed E-state index contributed by atoms with van der Waals surface area (Å²) in [7, 11) is 2.40. The molecule has 1 amide bonds. The van der Waals surface area contributed by atoms with Gasteiger partial charge >= 0.3 is 12.6 Å². The smallest absolute Gasteiger partial charge is 0.387 e. The molecular weight excluding hydrogens is 360 g/mol. The largest absolute Gasteiger partial charge is 0.493 e. The van der Waals surface area contributed by atoms with Gasteiger partial charge < -0.3 is 19.5 Å². The van der Waals surface area contributed by atoms with Crippen LogP contribution in [-0.4, -0.2) is 32.7 Å². The third-order valence-corrected chi connectivity index (χ3v) is 3.80. The fourth-order valence-corrected chi connectivity index (χ4v) is 2.55. The molecule has 2 aromatic rings. The van der Waals surface area contributed by atoms with Crippen molar-refractivity contribution in [2.45, 2.75) is 20.5 Å². The quantitative estimate of drug-likeness (QED) is 0.770. The molecule has 0 unspecified atom stereocenters. The van der Waals surface area contributed by atoms with Crippen LogP contribution in [0.5, 0.6) is 11.5 Å². The molecule has 0 spiro atoms. The van der Waals surface area contributed by atoms with Crippen LogP contribution in [0.2, 0.25) is 0 Å². The first-order valence-corrected chi connectivity index (χ1v) is 7.90. The van der Waals surface area contributed by atoms with Crippen molar-refractivity contribution in [1.82, 2.24) is 0 Å². The fourth-order valence-electron chi connectivity index (χ4n) is 2.55. The van der Waals surface area contributed by atoms with Gasteiger partial charge in [-0.1, -0.05) is 17.7 Å². The predicted octanol–water partition coefficient (Wildman–Crippen LogP) is 3.95. The summed E-state index contributed by atoms with van der Waals surface area (Å²) in [5, 5.41) is 2.55. The highest BCUT2D eigenvalue weighted by Crippen LogP contribution is 2.35. The van der Waals surface area contributed by atoms with Crippen molar-refractivity contribution in [2.24, 2.45) is 0 Å². The molecule has 0 heterocycles. The highest BCUT2D eigenvalue weighted by Gasteiger charge is 2.22. The lowest BCUT2D eigenvalue weighted by Gasteiger charge is -2.16. The van der Waals surface area contributed by atoms with E-state index in [1.54, 1.807) is 19.1 Å². The summed E-state index contributed by atoms with van der Waals surface area (Å²) in [4.78, 5) is 24.7. The van der Waals surface area contributed by atoms with Gasteiger partial charge in [0, 0.05) is 17.7 Å². The van der Waals surface area contributed by atoms with Crippen LogP contribution in [0.15, 0.2) is 30.3 Å². The van der Waals surface area contributed by atoms with Crippen molar-refractivity contribution in [3.8, 4) is 11.5 Å². The van der Waals surface area contributed by atoms with Crippen LogP contribution in [0.4, 0.5) is 14.5 Å². The zero-order valence-corrected chi connectivity index (χ0v) is 15.3. The van der Waals surface area contributed by atoms with Crippen LogP contribution < -0.4 is 14.8 Å². The molecule has 6 nitrogen and oxygen atoms in total. The molecule has 0 saturated carbocycles. The van der Waals surface area contributed by atoms with Crippen molar-refractivity contribution in [1.29, 1.82) is 0 Å². The Bertz CT molecular complexity index is 867. The van der Waals surface area contributed by atoms with Gasteiger partial charge in [-0.2, -0.15) is 8.78 Å². The van der Waals surface area contributed by atoms with Gasteiger partial charge in [-0.15, -0.1) is 0 Å². The Labute approximate surface area is 155 Å². The topological polar surface area (TPSA) is 73.9 Å². The number of benzene rings is 2. The number of methoxy groups -OCH3 is 2. The summed E-state index contributed by atoms with van der Waals surface area (Å²) < 4.78 is 39.4. The highest BCUT2D eigenvalue weighted by atomic mass is 19.3. The summed E-state index contributed by atoms with van der Waals surface area (Å²) in [6.45, 7) is 0.551. The van der Waals surface area contributed by atoms with E-state index in [0.29, 0.717) is 5.56 Å². The van der Waals surface area contributed by atoms with Crippen LogP contribution in [0.25, 0.3) is 0 Å². The van der Waals surface area contributed by atoms with Gasteiger partial charge in [0.15, 0.2) is 11.5 Å². The molecule has 0 aliphatic carbocycles. The van der Waals surface area contributed by atoms with Gasteiger partial charge in [0.25, 0.3) is 5.91 Å². The Morgan fingerprint density at radius 3 is 2.26 bits per heavy atom. The lowest BCUT2D eigenvalue weighted by molar-refractivity contribution is -0.0511. The fraction of sp³-hybridized carbons (Fsp3) is 0.263. The Balaban J connectivity index is 2.48. The summed E-state index contributed by atoms with van der Waals surface area (Å²) in [6.07, 6.45) is 0. The molecule has 0 fully saturated rings. The number of ether oxygens (including phenoxy) is 3. The number of rotatable bonds is 6. The highest BCUT2D eigenvalue weighted by molar-refractivity contribution is 6.09. The molecule has 0 radical (unpaired) electrons. The minimum atomic E-state index is -3.11. The van der Waals surface area contributed by atoms with Crippen LogP contribution in [0.1, 0.15) is 31.8 Å². The number of aryl methyl sites for hydroxylation is 2. The summed E-state index contributed by atoms with van der Waals surface area (Å²) in [5.41, 5.74) is 1.99. The van der Waals surface area contributed by atoms with E-state index >= 15 is 0 Å². The Morgan fingerprint density at radius 2 is 1.70 bits per heavy atom. The average Bonchev–Trinajstić information content (AvgIpc) is 2.60. The number of hydrogen-bond acceptors (Lipinski definition) is 5. The summed E-state index contributed by atoms with van der Waals surface area (Å²) in [5.74, 6) is -1.70. The number of anilines is 1. The molecule has 2 aromatic carbocycles. The van der Waals surface area contributed by atoms with E-state index in [-0.39, 0.29) is 22.7 Å². The third kappa shape index (κ3) is 4.72. The van der Waals surface area contributed by atoms with Crippen LogP contribution in [0.3, 0.4) is 0 Å². The molecule has 2 rings (SSSR count). The molecule has 1 N–H and O–H groups in total. The predicted molar refractivity (Wildman–Crippen MR) is 94.8 cm³/mol. The first-order valence-electron chi connectivity index (χ1n) is 7.90. The molecule has 0 bridgehead atoms. The number of nitrogens with one attached hydrogen (secondary N) is 1. The number of amides is 1. The standard InChI is InChI=1S/C19H19F2NO5/c1-10-5-6-12(11(2)7-10)17(23)22-14-9-16(27-19(20)21)15(25-3)8-13(14)18(24)26-4/h5-9,19H,1-4H3,(H,22,23). The van der Waals surface area contributed by atoms with E-state index in [9.17, 15) is 18.4 Å². The molecule has 27 heavy (non-hydrogen) atoms. The maximum Gasteiger partial charge on any atom is 0.387 e. The SMILES string of the molecule is COC(=O)c1cc(OC)c(OC(F)F)cc1NC(=O)c1ccc(C)cc1C. The second kappa shape index (κ2) is 8.48. The van der Waals surface area contributed by atoms with E-state index in [4.69, 9.17) is 4.74 Å². The number of carbonyl (C=O) groups excluding carboxylic acids is 2. The third-order valence-electron chi connectivity index (χ3n) is 3.80. The minimum absolute atomic E-state index is 0.0386. The van der Waals surface area contributed by atoms with Crippen molar-refractivity contribution in [2.75, 3.05) is 19.5 Å². The average molecular weight is 379 g/mol. The second-order valence-corrected chi connectivity index (χ2v) is 5.69. The van der Waals surface area contributed by atoms with Crippen LogP contribution in [-0.2, 0) is 4.74 Å². The first kappa shape index (κ1) is 20.2. The number of hydrogen-bond donors (Lipinski definition) is 1. The lowest BCUT2D eigenvalue weighted by atomic mass is 10.0. The molecule has 0 saturated heterocycles. The molecule has 0 aliphatic rings. The lowest BCUT2D eigenvalue weighted by Crippen LogP contribution is -2.17. The van der Waals surface area contributed by atoms with Gasteiger partial charge in [-0.3, -0.25) is 4.79 Å². The zero-order chi connectivity index (χ0) is 20.1. The van der Waals surface area contributed by atoms with E-state index in [1.807, 2.05) is 13.0 Å². The molecule has 0 atom stereocenters. The van der Waals surface area contributed by atoms with E-state index in [1.165, 1.54) is 13.2 Å². The van der Waals surface area contributed by atoms with Crippen LogP contribution >= 0.6 is 0 Å². The summed E-state index contributed by atoms with van der Waals surface area (Å²) in [6, 6.07) is 7.50. The second-order valence-electron chi connectivity index (χ2n) is 5.69. The maximum atomic E-state index is 12.7. The monoisotopic (exact) mass is 379 g/mol. The first-order chi connectivity index (χ1) is 12.8. The van der Waals surface area contributed by atoms with Gasteiger partial charge in [0.05, 0.1) is 25.5 Å². The zero-order valence-electron chi connectivity index (χ0n) is 15.3. The van der Waals surface area contributed by atoms with E-state index in [0.717, 1.165) is 24.3 Å². The van der Waals surface area contributed by atoms with Gasteiger partial charge in [0.2, 0.25) is 0 Å². The molecule has 8 heteroatoms. The van der Waals surface area contributed by atoms with Crippen molar-refractivity contribution in [3.05, 3.63) is 52.6 Å². The van der Waals surface area contributed by atoms with Crippen molar-refractivity contribution in [3.63, 3.8) is 0 Å². The minimum Gasteiger partial charge on any atom is -0.493 e. The normalized spacial score (nSPS) is 10.5. The number of carbonyl (C=O) groups is 2. The molecular formula is C19H19F2NO5. The number of alkyl halides is 2. The van der Waals surface area contributed by atoms with Gasteiger partial charge in [0.1, 0.15) is 0 Å². The Morgan fingerprint density at radius 1 is 1.00 bits per heavy atom. The van der Waals surface area contributed by atoms with Crippen molar-refractivity contribution < 1.29 is 32.6 Å². The molecule has 0 aromatic heterocycles. The van der Waals surface area contributed by atoms with Gasteiger partial charge in [-0.05, 0) is 25.5 Å². The molecule has 0 aliphatic heterocycles. The van der Waals surface area contributed by atoms with E-state index < -0.39 is 18.5 Å². The number of halogens is 2. The number of esters is 1. The Kier molecular flexibility index (Phi) is 6.33. The van der Waals surface area contributed by atoms with Gasteiger partial charge in [-0.25, -0.2) is 4.79 Å². The Hall–Kier alpha value is -3.16. The summed E-state index contributed by atoms with van der Waals surface area (Å²) >= 11 is 0. The van der Waals surface area contributed by atoms with E-state index in [2.05, 4.69) is 14.8 Å². The van der Waals surface area contributed by atoms with Crippen molar-refractivity contribution >= 4 is 17.6 Å². The van der Waals surface area contributed by atoms with Crippen LogP contribution in [0, 0.1) is 13.8 Å².